The molecule has 4 heteroatoms. The second kappa shape index (κ2) is 5.14. The Hall–Kier alpha value is -1.32. The molecule has 16 heavy (non-hydrogen) atoms. The number of hydrogen-bond donors (Lipinski definition) is 0. The first-order valence-corrected chi connectivity index (χ1v) is 5.23. The molecule has 0 rings (SSSR count). The van der Waals surface area contributed by atoms with Crippen molar-refractivity contribution in [1.82, 2.24) is 0 Å². The first kappa shape index (κ1) is 14.7. The van der Waals surface area contributed by atoms with E-state index >= 15 is 0 Å². The van der Waals surface area contributed by atoms with E-state index in [1.165, 1.54) is 0 Å². The number of carbonyl (C=O) groups excluding carboxylic acids is 2. The molecule has 0 aromatic heterocycles. The summed E-state index contributed by atoms with van der Waals surface area (Å²) in [5, 5.41) is 22.0. The fourth-order valence-electron chi connectivity index (χ4n) is 1.58. The van der Waals surface area contributed by atoms with Crippen molar-refractivity contribution >= 4 is 11.9 Å². The van der Waals surface area contributed by atoms with E-state index in [1.54, 1.807) is 20.8 Å². The molecule has 0 bridgehead atoms. The third-order valence-corrected chi connectivity index (χ3v) is 2.11. The molecule has 0 aliphatic rings. The summed E-state index contributed by atoms with van der Waals surface area (Å²) in [4.78, 5) is 22.0. The minimum absolute atomic E-state index is 0.0459. The van der Waals surface area contributed by atoms with E-state index in [0.717, 1.165) is 0 Å². The highest BCUT2D eigenvalue weighted by Crippen LogP contribution is 2.30. The molecule has 0 radical (unpaired) electrons. The molecule has 92 valence electrons. The van der Waals surface area contributed by atoms with Crippen LogP contribution in [0.3, 0.4) is 0 Å². The number of carboxylic acid groups (broad SMARTS) is 2. The molecule has 4 nitrogen and oxygen atoms in total. The van der Waals surface area contributed by atoms with E-state index in [9.17, 15) is 19.8 Å². The van der Waals surface area contributed by atoms with E-state index in [-0.39, 0.29) is 23.5 Å². The average molecular weight is 226 g/mol. The molecule has 0 amide bonds. The quantitative estimate of drug-likeness (QED) is 0.626. The summed E-state index contributed by atoms with van der Waals surface area (Å²) < 4.78 is 0. The average Bonchev–Trinajstić information content (AvgIpc) is 1.97. The van der Waals surface area contributed by atoms with Crippen LogP contribution in [-0.2, 0) is 9.59 Å². The van der Waals surface area contributed by atoms with Gasteiger partial charge in [-0.3, -0.25) is 0 Å². The van der Waals surface area contributed by atoms with Gasteiger partial charge in [0.05, 0.1) is 11.9 Å². The van der Waals surface area contributed by atoms with Gasteiger partial charge in [-0.05, 0) is 28.9 Å². The van der Waals surface area contributed by atoms with Crippen LogP contribution >= 0.6 is 0 Å². The number of rotatable bonds is 4. The van der Waals surface area contributed by atoms with E-state index < -0.39 is 17.4 Å². The highest BCUT2D eigenvalue weighted by molar-refractivity contribution is 5.98. The van der Waals surface area contributed by atoms with Crippen LogP contribution in [-0.4, -0.2) is 11.9 Å². The van der Waals surface area contributed by atoms with Crippen LogP contribution in [0.15, 0.2) is 11.1 Å². The summed E-state index contributed by atoms with van der Waals surface area (Å²) in [6.45, 7) is 8.56. The van der Waals surface area contributed by atoms with Gasteiger partial charge in [-0.15, -0.1) is 0 Å². The number of aliphatic carboxylic acids is 2. The minimum Gasteiger partial charge on any atom is -0.545 e. The lowest BCUT2D eigenvalue weighted by Gasteiger charge is -2.29. The predicted molar refractivity (Wildman–Crippen MR) is 56.0 cm³/mol. The zero-order valence-corrected chi connectivity index (χ0v) is 10.4. The lowest BCUT2D eigenvalue weighted by atomic mass is 9.81. The van der Waals surface area contributed by atoms with Gasteiger partial charge in [-0.2, -0.15) is 0 Å². The van der Waals surface area contributed by atoms with Gasteiger partial charge in [0, 0.05) is 0 Å². The molecule has 0 saturated carbocycles. The Balaban J connectivity index is 5.65. The Morgan fingerprint density at radius 3 is 1.69 bits per heavy atom. The maximum Gasteiger partial charge on any atom is 0.0683 e. The standard InChI is InChI=1S/C12H20O4/c1-7(2)6-8(10(13)14)9(11(15)16)12(3,4)5/h7H,6H2,1-5H3,(H,13,14)(H,15,16)/p-2/b9-8-. The molecular weight excluding hydrogens is 208 g/mol. The molecule has 0 spiro atoms. The molecule has 0 aromatic rings. The summed E-state index contributed by atoms with van der Waals surface area (Å²) in [7, 11) is 0. The van der Waals surface area contributed by atoms with E-state index in [1.807, 2.05) is 13.8 Å². The summed E-state index contributed by atoms with van der Waals surface area (Å²) in [6, 6.07) is 0. The fourth-order valence-corrected chi connectivity index (χ4v) is 1.58. The molecule has 0 atom stereocenters. The van der Waals surface area contributed by atoms with Crippen molar-refractivity contribution < 1.29 is 19.8 Å². The van der Waals surface area contributed by atoms with Gasteiger partial charge in [0.15, 0.2) is 0 Å². The van der Waals surface area contributed by atoms with Crippen molar-refractivity contribution in [2.24, 2.45) is 11.3 Å². The molecule has 0 aromatic carbocycles. The summed E-state index contributed by atoms with van der Waals surface area (Å²) >= 11 is 0. The van der Waals surface area contributed by atoms with Crippen LogP contribution in [0.1, 0.15) is 41.0 Å². The Kier molecular flexibility index (Phi) is 4.72. The molecule has 0 aliphatic carbocycles. The molecule has 0 unspecified atom stereocenters. The fraction of sp³-hybridized carbons (Fsp3) is 0.667. The zero-order valence-electron chi connectivity index (χ0n) is 10.4. The van der Waals surface area contributed by atoms with Gasteiger partial charge in [0.2, 0.25) is 0 Å². The van der Waals surface area contributed by atoms with Gasteiger partial charge in [0.25, 0.3) is 0 Å². The largest absolute Gasteiger partial charge is 0.545 e. The van der Waals surface area contributed by atoms with E-state index in [4.69, 9.17) is 0 Å². The zero-order chi connectivity index (χ0) is 13.1. The smallest absolute Gasteiger partial charge is 0.0683 e. The van der Waals surface area contributed by atoms with Gasteiger partial charge in [0.1, 0.15) is 0 Å². The molecule has 0 N–H and O–H groups in total. The van der Waals surface area contributed by atoms with Crippen LogP contribution in [0.2, 0.25) is 0 Å². The molecule has 0 saturated heterocycles. The van der Waals surface area contributed by atoms with Crippen LogP contribution < -0.4 is 10.2 Å². The second-order valence-electron chi connectivity index (χ2n) is 5.28. The first-order chi connectivity index (χ1) is 7.07. The maximum atomic E-state index is 11.0. The molecule has 0 heterocycles. The highest BCUT2D eigenvalue weighted by atomic mass is 16.4. The Morgan fingerprint density at radius 1 is 1.06 bits per heavy atom. The van der Waals surface area contributed by atoms with E-state index in [2.05, 4.69) is 0 Å². The van der Waals surface area contributed by atoms with Crippen molar-refractivity contribution in [2.45, 2.75) is 41.0 Å². The van der Waals surface area contributed by atoms with Gasteiger partial charge in [-0.1, -0.05) is 34.6 Å². The topological polar surface area (TPSA) is 80.3 Å². The van der Waals surface area contributed by atoms with Gasteiger partial charge >= 0.3 is 0 Å². The van der Waals surface area contributed by atoms with Crippen molar-refractivity contribution in [3.63, 3.8) is 0 Å². The Morgan fingerprint density at radius 2 is 1.50 bits per heavy atom. The Bertz CT molecular complexity index is 318. The normalized spacial score (nSPS) is 13.6. The number of carboxylic acids is 2. The number of carbonyl (C=O) groups is 2. The molecule has 0 aliphatic heterocycles. The summed E-state index contributed by atoms with van der Waals surface area (Å²) in [5.74, 6) is -2.82. The van der Waals surface area contributed by atoms with E-state index in [0.29, 0.717) is 0 Å². The van der Waals surface area contributed by atoms with Crippen molar-refractivity contribution in [2.75, 3.05) is 0 Å². The highest BCUT2D eigenvalue weighted by Gasteiger charge is 2.23. The van der Waals surface area contributed by atoms with Crippen molar-refractivity contribution in [3.05, 3.63) is 11.1 Å². The lowest BCUT2D eigenvalue weighted by Crippen LogP contribution is -2.37. The van der Waals surface area contributed by atoms with Crippen molar-refractivity contribution in [1.29, 1.82) is 0 Å². The first-order valence-electron chi connectivity index (χ1n) is 5.23. The van der Waals surface area contributed by atoms with Crippen LogP contribution in [0, 0.1) is 11.3 Å². The monoisotopic (exact) mass is 226 g/mol. The lowest BCUT2D eigenvalue weighted by molar-refractivity contribution is -0.305. The van der Waals surface area contributed by atoms with Crippen molar-refractivity contribution in [3.8, 4) is 0 Å². The van der Waals surface area contributed by atoms with Gasteiger partial charge < -0.3 is 19.8 Å². The van der Waals surface area contributed by atoms with Gasteiger partial charge in [-0.25, -0.2) is 0 Å². The Labute approximate surface area is 96.0 Å². The SMILES string of the molecule is CC(C)C/C(C(=O)[O-])=C(\C(=O)[O-])C(C)(C)C. The molecule has 0 fully saturated rings. The number of hydrogen-bond acceptors (Lipinski definition) is 4. The van der Waals surface area contributed by atoms with Crippen LogP contribution in [0.5, 0.6) is 0 Å². The second-order valence-corrected chi connectivity index (χ2v) is 5.28. The maximum absolute atomic E-state index is 11.0. The third-order valence-electron chi connectivity index (χ3n) is 2.11. The third kappa shape index (κ3) is 4.04. The van der Waals surface area contributed by atoms with Crippen LogP contribution in [0.4, 0.5) is 0 Å². The van der Waals surface area contributed by atoms with Crippen LogP contribution in [0.25, 0.3) is 0 Å². The summed E-state index contributed by atoms with van der Waals surface area (Å²) in [5.41, 5.74) is -1.12. The summed E-state index contributed by atoms with van der Waals surface area (Å²) in [6.07, 6.45) is 0.170. The minimum atomic E-state index is -1.44. The molecular formula is C12H18O4-2. The predicted octanol–water partition coefficient (Wildman–Crippen LogP) is -0.125.